The molecule has 1 heterocycles. The Hall–Kier alpha value is -1.32. The summed E-state index contributed by atoms with van der Waals surface area (Å²) in [5.74, 6) is 1.37. The lowest BCUT2D eigenvalue weighted by Crippen LogP contribution is -2.07. The van der Waals surface area contributed by atoms with E-state index in [2.05, 4.69) is 9.97 Å². The Morgan fingerprint density at radius 3 is 2.33 bits per heavy atom. The molecule has 1 aliphatic rings. The van der Waals surface area contributed by atoms with Crippen molar-refractivity contribution in [2.75, 3.05) is 11.5 Å². The molecule has 2 rings (SSSR count). The molecule has 1 saturated carbocycles. The van der Waals surface area contributed by atoms with Crippen molar-refractivity contribution in [3.8, 4) is 0 Å². The Morgan fingerprint density at radius 2 is 1.73 bits per heavy atom. The van der Waals surface area contributed by atoms with E-state index in [-0.39, 0.29) is 5.95 Å². The summed E-state index contributed by atoms with van der Waals surface area (Å²) in [6, 6.07) is 0. The van der Waals surface area contributed by atoms with E-state index in [9.17, 15) is 0 Å². The Labute approximate surface area is 90.1 Å². The third-order valence-electron chi connectivity index (χ3n) is 3.16. The number of aromatic nitrogens is 2. The van der Waals surface area contributed by atoms with Crippen LogP contribution < -0.4 is 11.5 Å². The molecule has 0 amide bonds. The molecular formula is C11H18N4. The summed E-state index contributed by atoms with van der Waals surface area (Å²) in [6.45, 7) is 0. The van der Waals surface area contributed by atoms with Crippen LogP contribution in [0.1, 0.15) is 50.0 Å². The quantitative estimate of drug-likeness (QED) is 0.689. The number of rotatable bonds is 1. The van der Waals surface area contributed by atoms with Crippen LogP contribution in [0, 0.1) is 0 Å². The van der Waals surface area contributed by atoms with Gasteiger partial charge >= 0.3 is 0 Å². The Balaban J connectivity index is 2.19. The molecule has 0 atom stereocenters. The smallest absolute Gasteiger partial charge is 0.221 e. The fraction of sp³-hybridized carbons (Fsp3) is 0.636. The van der Waals surface area contributed by atoms with Gasteiger partial charge in [0.1, 0.15) is 5.82 Å². The van der Waals surface area contributed by atoms with Crippen molar-refractivity contribution in [2.24, 2.45) is 0 Å². The van der Waals surface area contributed by atoms with E-state index in [1.54, 1.807) is 6.20 Å². The second kappa shape index (κ2) is 4.47. The van der Waals surface area contributed by atoms with Crippen LogP contribution in [-0.2, 0) is 0 Å². The largest absolute Gasteiger partial charge is 0.383 e. The van der Waals surface area contributed by atoms with E-state index in [4.69, 9.17) is 11.5 Å². The lowest BCUT2D eigenvalue weighted by Gasteiger charge is -2.15. The first-order valence-electron chi connectivity index (χ1n) is 5.65. The normalized spacial score (nSPS) is 18.7. The number of nitrogens with two attached hydrogens (primary N) is 2. The molecule has 0 bridgehead atoms. The molecule has 0 spiro atoms. The zero-order valence-corrected chi connectivity index (χ0v) is 8.95. The highest BCUT2D eigenvalue weighted by atomic mass is 15.0. The molecule has 0 radical (unpaired) electrons. The fourth-order valence-corrected chi connectivity index (χ4v) is 2.32. The number of nitrogen functional groups attached to an aromatic ring is 2. The molecule has 4 heteroatoms. The highest BCUT2D eigenvalue weighted by Gasteiger charge is 2.17. The average Bonchev–Trinajstić information content (AvgIpc) is 2.46. The van der Waals surface area contributed by atoms with E-state index < -0.39 is 0 Å². The van der Waals surface area contributed by atoms with Crippen molar-refractivity contribution in [3.05, 3.63) is 11.8 Å². The predicted molar refractivity (Wildman–Crippen MR) is 61.3 cm³/mol. The first-order chi connectivity index (χ1) is 7.27. The lowest BCUT2D eigenvalue weighted by molar-refractivity contribution is 0.590. The molecule has 4 nitrogen and oxygen atoms in total. The van der Waals surface area contributed by atoms with Gasteiger partial charge in [-0.1, -0.05) is 25.7 Å². The lowest BCUT2D eigenvalue weighted by atomic mass is 9.93. The van der Waals surface area contributed by atoms with Gasteiger partial charge in [0.05, 0.1) is 0 Å². The highest BCUT2D eigenvalue weighted by molar-refractivity contribution is 5.43. The Morgan fingerprint density at radius 1 is 1.07 bits per heavy atom. The maximum Gasteiger partial charge on any atom is 0.221 e. The van der Waals surface area contributed by atoms with Gasteiger partial charge in [0, 0.05) is 11.8 Å². The summed E-state index contributed by atoms with van der Waals surface area (Å²) in [7, 11) is 0. The van der Waals surface area contributed by atoms with Crippen LogP contribution in [0.15, 0.2) is 6.20 Å². The van der Waals surface area contributed by atoms with Crippen molar-refractivity contribution in [3.63, 3.8) is 0 Å². The summed E-state index contributed by atoms with van der Waals surface area (Å²) in [4.78, 5) is 8.06. The Kier molecular flexibility index (Phi) is 3.04. The van der Waals surface area contributed by atoms with E-state index in [0.29, 0.717) is 11.7 Å². The minimum Gasteiger partial charge on any atom is -0.383 e. The van der Waals surface area contributed by atoms with Crippen LogP contribution in [0.2, 0.25) is 0 Å². The van der Waals surface area contributed by atoms with Gasteiger partial charge in [-0.2, -0.15) is 4.98 Å². The van der Waals surface area contributed by atoms with Crippen LogP contribution in [0.5, 0.6) is 0 Å². The van der Waals surface area contributed by atoms with Gasteiger partial charge < -0.3 is 11.5 Å². The van der Waals surface area contributed by atoms with Crippen LogP contribution >= 0.6 is 0 Å². The van der Waals surface area contributed by atoms with Gasteiger partial charge in [-0.3, -0.25) is 0 Å². The maximum absolute atomic E-state index is 5.87. The van der Waals surface area contributed by atoms with Gasteiger partial charge in [0.15, 0.2) is 0 Å². The second-order valence-corrected chi connectivity index (χ2v) is 4.26. The summed E-state index contributed by atoms with van der Waals surface area (Å²) in [5.41, 5.74) is 12.4. The molecule has 1 aromatic rings. The first-order valence-corrected chi connectivity index (χ1v) is 5.65. The molecule has 82 valence electrons. The molecule has 1 aromatic heterocycles. The van der Waals surface area contributed by atoms with Gasteiger partial charge in [-0.05, 0) is 18.8 Å². The third-order valence-corrected chi connectivity index (χ3v) is 3.16. The third kappa shape index (κ3) is 2.37. The monoisotopic (exact) mass is 206 g/mol. The molecule has 0 unspecified atom stereocenters. The summed E-state index contributed by atoms with van der Waals surface area (Å²) in [6.07, 6.45) is 9.46. The molecule has 1 aliphatic carbocycles. The minimum atomic E-state index is 0.268. The second-order valence-electron chi connectivity index (χ2n) is 4.26. The molecule has 4 N–H and O–H groups in total. The zero-order valence-electron chi connectivity index (χ0n) is 8.95. The molecular weight excluding hydrogens is 188 g/mol. The van der Waals surface area contributed by atoms with Gasteiger partial charge in [-0.15, -0.1) is 0 Å². The molecule has 15 heavy (non-hydrogen) atoms. The van der Waals surface area contributed by atoms with Crippen LogP contribution in [0.3, 0.4) is 0 Å². The Bertz CT molecular complexity index is 329. The van der Waals surface area contributed by atoms with E-state index in [1.807, 2.05) is 0 Å². The molecule has 0 aromatic carbocycles. The summed E-state index contributed by atoms with van der Waals surface area (Å²) >= 11 is 0. The molecule has 1 fully saturated rings. The van der Waals surface area contributed by atoms with Crippen molar-refractivity contribution >= 4 is 11.8 Å². The molecule has 0 saturated heterocycles. The number of hydrogen-bond donors (Lipinski definition) is 2. The summed E-state index contributed by atoms with van der Waals surface area (Å²) < 4.78 is 0. The van der Waals surface area contributed by atoms with E-state index >= 15 is 0 Å². The van der Waals surface area contributed by atoms with Gasteiger partial charge in [-0.25, -0.2) is 4.98 Å². The number of hydrogen-bond acceptors (Lipinski definition) is 4. The van der Waals surface area contributed by atoms with Crippen molar-refractivity contribution in [2.45, 2.75) is 44.4 Å². The number of anilines is 2. The van der Waals surface area contributed by atoms with Gasteiger partial charge in [0.2, 0.25) is 5.95 Å². The standard InChI is InChI=1S/C11H18N4/c12-10-9(7-14-11(13)15-10)8-5-3-1-2-4-6-8/h7-8H,1-6H2,(H4,12,13,14,15). The van der Waals surface area contributed by atoms with Crippen LogP contribution in [0.4, 0.5) is 11.8 Å². The first kappa shape index (κ1) is 10.2. The topological polar surface area (TPSA) is 77.8 Å². The SMILES string of the molecule is Nc1ncc(C2CCCCCC2)c(N)n1. The number of nitrogens with zero attached hydrogens (tertiary/aromatic N) is 2. The van der Waals surface area contributed by atoms with Crippen LogP contribution in [0.25, 0.3) is 0 Å². The maximum atomic E-state index is 5.87. The van der Waals surface area contributed by atoms with Crippen molar-refractivity contribution in [1.29, 1.82) is 0 Å². The average molecular weight is 206 g/mol. The minimum absolute atomic E-state index is 0.268. The van der Waals surface area contributed by atoms with E-state index in [1.165, 1.54) is 38.5 Å². The fourth-order valence-electron chi connectivity index (χ4n) is 2.32. The van der Waals surface area contributed by atoms with Crippen molar-refractivity contribution in [1.82, 2.24) is 9.97 Å². The zero-order chi connectivity index (χ0) is 10.7. The predicted octanol–water partition coefficient (Wildman–Crippen LogP) is 2.08. The summed E-state index contributed by atoms with van der Waals surface area (Å²) in [5, 5.41) is 0. The van der Waals surface area contributed by atoms with E-state index in [0.717, 1.165) is 5.56 Å². The molecule has 0 aliphatic heterocycles. The van der Waals surface area contributed by atoms with Crippen LogP contribution in [-0.4, -0.2) is 9.97 Å². The van der Waals surface area contributed by atoms with Gasteiger partial charge in [0.25, 0.3) is 0 Å². The van der Waals surface area contributed by atoms with Crippen molar-refractivity contribution < 1.29 is 0 Å². The highest BCUT2D eigenvalue weighted by Crippen LogP contribution is 2.33.